The van der Waals surface area contributed by atoms with Crippen LogP contribution < -0.4 is 4.90 Å². The van der Waals surface area contributed by atoms with Gasteiger partial charge in [0.25, 0.3) is 0 Å². The van der Waals surface area contributed by atoms with E-state index in [9.17, 15) is 0 Å². The van der Waals surface area contributed by atoms with E-state index in [4.69, 9.17) is 15.0 Å². The first-order valence-electron chi connectivity index (χ1n) is 23.0. The first-order valence-corrected chi connectivity index (χ1v) is 24.6. The molecule has 68 heavy (non-hydrogen) atoms. The van der Waals surface area contributed by atoms with E-state index in [-0.39, 0.29) is 0 Å². The van der Waals surface area contributed by atoms with Gasteiger partial charge in [-0.05, 0) is 129 Å². The van der Waals surface area contributed by atoms with E-state index in [1.54, 1.807) is 0 Å². The second-order valence-corrected chi connectivity index (χ2v) is 20.3. The lowest BCUT2D eigenvalue weighted by Gasteiger charge is -2.50. The Bertz CT molecular complexity index is 3660. The summed E-state index contributed by atoms with van der Waals surface area (Å²) in [6.45, 7) is 0. The number of aromatic nitrogens is 3. The van der Waals surface area contributed by atoms with Gasteiger partial charge in [-0.1, -0.05) is 170 Å². The average molecular weight is 887 g/mol. The van der Waals surface area contributed by atoms with Gasteiger partial charge in [0.15, 0.2) is 17.5 Å². The first-order chi connectivity index (χ1) is 33.7. The number of hydrogen-bond donors (Lipinski definition) is 0. The fourth-order valence-electron chi connectivity index (χ4n) is 10.1. The highest BCUT2D eigenvalue weighted by Crippen LogP contribution is 2.79. The lowest BCUT2D eigenvalue weighted by Crippen LogP contribution is -2.21. The second kappa shape index (κ2) is 16.4. The van der Waals surface area contributed by atoms with Crippen LogP contribution in [0.2, 0.25) is 0 Å². The number of anilines is 3. The van der Waals surface area contributed by atoms with Gasteiger partial charge in [0.05, 0.1) is 11.4 Å². The van der Waals surface area contributed by atoms with Gasteiger partial charge in [-0.2, -0.15) is 0 Å². The fourth-order valence-corrected chi connectivity index (χ4v) is 14.2. The van der Waals surface area contributed by atoms with Crippen molar-refractivity contribution < 1.29 is 0 Å². The summed E-state index contributed by atoms with van der Waals surface area (Å²) in [5.41, 5.74) is 15.2. The maximum atomic E-state index is 5.19. The van der Waals surface area contributed by atoms with Crippen molar-refractivity contribution in [3.05, 3.63) is 255 Å². The summed E-state index contributed by atoms with van der Waals surface area (Å²) in [5, 5.41) is 0. The first kappa shape index (κ1) is 39.7. The van der Waals surface area contributed by atoms with Crippen LogP contribution in [0, 0.1) is 0 Å². The largest absolute Gasteiger partial charge is 0.308 e. The Morgan fingerprint density at radius 2 is 0.618 bits per heavy atom. The third-order valence-electron chi connectivity index (χ3n) is 13.2. The van der Waals surface area contributed by atoms with Crippen LogP contribution in [0.4, 0.5) is 17.1 Å². The van der Waals surface area contributed by atoms with Gasteiger partial charge in [0.2, 0.25) is 0 Å². The molecule has 0 saturated heterocycles. The average Bonchev–Trinajstić information content (AvgIpc) is 3.43. The Morgan fingerprint density at radius 1 is 0.250 bits per heavy atom. The van der Waals surface area contributed by atoms with Gasteiger partial charge in [0.1, 0.15) is 0 Å². The summed E-state index contributed by atoms with van der Waals surface area (Å²) in [6.07, 6.45) is 0. The highest BCUT2D eigenvalue weighted by molar-refractivity contribution is 8.34. The van der Waals surface area contributed by atoms with E-state index in [1.165, 1.54) is 31.0 Å². The predicted octanol–water partition coefficient (Wildman–Crippen LogP) is 17.0. The summed E-state index contributed by atoms with van der Waals surface area (Å²) in [7, 11) is -1.97. The smallest absolute Gasteiger partial charge is 0.164 e. The van der Waals surface area contributed by atoms with Gasteiger partial charge in [-0.15, -0.1) is 10.0 Å². The molecule has 0 radical (unpaired) electrons. The van der Waals surface area contributed by atoms with Gasteiger partial charge in [0, 0.05) is 42.0 Å². The fraction of sp³-hybridized carbons (Fsp3) is 0. The van der Waals surface area contributed by atoms with E-state index >= 15 is 0 Å². The molecule has 0 fully saturated rings. The molecule has 0 saturated carbocycles. The summed E-state index contributed by atoms with van der Waals surface area (Å²) >= 11 is 0. The second-order valence-electron chi connectivity index (χ2n) is 17.3. The molecule has 5 heteroatoms. The molecule has 2 aliphatic rings. The van der Waals surface area contributed by atoms with Gasteiger partial charge in [-0.25, -0.2) is 15.0 Å². The SMILES string of the molecule is c1ccc(-c2nc3nc(n2)-c2cccc(c2)-c2cccc(c2)-c2ccc4c(c2)N(c2cccc(c2)-c2cccc(c2)-c2cccc-3c2)c2ccccc2S4(c2ccccc2)c2ccccc2)cc1. The van der Waals surface area contributed by atoms with Crippen LogP contribution in [0.3, 0.4) is 0 Å². The molecule has 320 valence electrons. The van der Waals surface area contributed by atoms with Crippen molar-refractivity contribution in [2.75, 3.05) is 4.90 Å². The lowest BCUT2D eigenvalue weighted by atomic mass is 9.96. The van der Waals surface area contributed by atoms with Crippen LogP contribution in [0.1, 0.15) is 0 Å². The molecular weight excluding hydrogens is 845 g/mol. The molecule has 1 aromatic heterocycles. The van der Waals surface area contributed by atoms with E-state index in [0.717, 1.165) is 66.9 Å². The molecule has 0 aliphatic carbocycles. The zero-order chi connectivity index (χ0) is 45.0. The van der Waals surface area contributed by atoms with Crippen LogP contribution in [-0.2, 0) is 0 Å². The Balaban J connectivity index is 1.09. The normalized spacial score (nSPS) is 13.3. The topological polar surface area (TPSA) is 41.9 Å². The van der Waals surface area contributed by atoms with E-state index < -0.39 is 10.0 Å². The van der Waals surface area contributed by atoms with Gasteiger partial charge in [-0.3, -0.25) is 0 Å². The number of benzene rings is 10. The van der Waals surface area contributed by atoms with E-state index in [0.29, 0.717) is 17.5 Å². The third-order valence-corrected chi connectivity index (χ3v) is 17.2. The molecule has 0 unspecified atom stereocenters. The molecule has 2 aliphatic heterocycles. The molecular formula is C63H42N4S. The molecule has 4 nitrogen and oxygen atoms in total. The Morgan fingerprint density at radius 3 is 1.15 bits per heavy atom. The maximum absolute atomic E-state index is 5.19. The van der Waals surface area contributed by atoms with Crippen LogP contribution in [0.25, 0.3) is 78.7 Å². The molecule has 14 bridgehead atoms. The van der Waals surface area contributed by atoms with Crippen molar-refractivity contribution in [2.24, 2.45) is 0 Å². The molecule has 13 rings (SSSR count). The van der Waals surface area contributed by atoms with E-state index in [1.807, 2.05) is 18.2 Å². The molecule has 0 N–H and O–H groups in total. The molecule has 0 amide bonds. The highest BCUT2D eigenvalue weighted by atomic mass is 32.3. The summed E-state index contributed by atoms with van der Waals surface area (Å²) in [4.78, 5) is 23.1. The molecule has 0 atom stereocenters. The highest BCUT2D eigenvalue weighted by Gasteiger charge is 2.42. The van der Waals surface area contributed by atoms with Crippen molar-refractivity contribution in [2.45, 2.75) is 19.6 Å². The minimum Gasteiger partial charge on any atom is -0.308 e. The number of hydrogen-bond acceptors (Lipinski definition) is 4. The number of para-hydroxylation sites is 1. The van der Waals surface area contributed by atoms with Crippen molar-refractivity contribution in [1.82, 2.24) is 15.0 Å². The zero-order valence-electron chi connectivity index (χ0n) is 36.9. The van der Waals surface area contributed by atoms with Crippen molar-refractivity contribution in [3.8, 4) is 78.7 Å². The maximum Gasteiger partial charge on any atom is 0.164 e. The molecule has 10 aromatic carbocycles. The van der Waals surface area contributed by atoms with Crippen LogP contribution in [-0.4, -0.2) is 15.0 Å². The number of fused-ring (bicyclic) bond motifs is 22. The van der Waals surface area contributed by atoms with Crippen LogP contribution in [0.15, 0.2) is 274 Å². The number of nitrogens with zero attached hydrogens (tertiary/aromatic N) is 4. The van der Waals surface area contributed by atoms with Crippen molar-refractivity contribution in [3.63, 3.8) is 0 Å². The lowest BCUT2D eigenvalue weighted by molar-refractivity contribution is 1.07. The van der Waals surface area contributed by atoms with Gasteiger partial charge >= 0.3 is 0 Å². The molecule has 3 heterocycles. The monoisotopic (exact) mass is 886 g/mol. The summed E-state index contributed by atoms with van der Waals surface area (Å²) in [5.74, 6) is 1.88. The number of rotatable bonds is 3. The Labute approximate surface area is 397 Å². The zero-order valence-corrected chi connectivity index (χ0v) is 37.8. The van der Waals surface area contributed by atoms with Crippen LogP contribution >= 0.6 is 10.0 Å². The predicted molar refractivity (Wildman–Crippen MR) is 280 cm³/mol. The van der Waals surface area contributed by atoms with Gasteiger partial charge < -0.3 is 4.90 Å². The molecule has 11 aromatic rings. The minimum absolute atomic E-state index is 0.624. The van der Waals surface area contributed by atoms with Crippen molar-refractivity contribution in [1.29, 1.82) is 0 Å². The van der Waals surface area contributed by atoms with E-state index in [2.05, 4.69) is 241 Å². The van der Waals surface area contributed by atoms with Crippen LogP contribution in [0.5, 0.6) is 0 Å². The standard InChI is InChI=1S/C63H42N4S/c1-4-17-43(18-5-1)61-64-62-52-26-14-23-48(39-52)44-19-12-21-46(37-44)50-25-16-28-54(41-50)67-57-33-10-11-34-59(57)68(55-29-6-2-7-30-55,56-31-8-3-9-32-56)60-36-35-51(42-58(60)67)47-22-13-20-45(38-47)49-24-15-27-53(40-49)63(65-61)66-62/h1-42H. The summed E-state index contributed by atoms with van der Waals surface area (Å²) in [6, 6.07) is 92.7. The Kier molecular flexibility index (Phi) is 9.55. The van der Waals surface area contributed by atoms with Crippen molar-refractivity contribution >= 4 is 27.1 Å². The quantitative estimate of drug-likeness (QED) is 0.177. The third kappa shape index (κ3) is 6.66. The molecule has 0 spiro atoms. The minimum atomic E-state index is -1.97. The summed E-state index contributed by atoms with van der Waals surface area (Å²) < 4.78 is 0. The Hall–Kier alpha value is -8.64.